The van der Waals surface area contributed by atoms with E-state index in [9.17, 15) is 9.90 Å². The third kappa shape index (κ3) is 2.62. The number of aliphatic carboxylic acids is 1. The van der Waals surface area contributed by atoms with E-state index in [0.29, 0.717) is 17.7 Å². The zero-order valence-electron chi connectivity index (χ0n) is 9.38. The molecule has 0 radical (unpaired) electrons. The van der Waals surface area contributed by atoms with Crippen LogP contribution in [0, 0.1) is 0 Å². The van der Waals surface area contributed by atoms with E-state index in [2.05, 4.69) is 5.10 Å². The zero-order chi connectivity index (χ0) is 13.1. The van der Waals surface area contributed by atoms with Gasteiger partial charge in [-0.25, -0.2) is 4.68 Å². The van der Waals surface area contributed by atoms with Gasteiger partial charge in [0.2, 0.25) is 0 Å². The number of aromatic hydroxyl groups is 1. The van der Waals surface area contributed by atoms with Crippen molar-refractivity contribution < 1.29 is 15.0 Å². The fourth-order valence-corrected chi connectivity index (χ4v) is 1.83. The van der Waals surface area contributed by atoms with Gasteiger partial charge in [0, 0.05) is 11.1 Å². The standard InChI is InChI=1S/C12H11ClN2O3/c13-12-9(5-11(17)18)6-14-15(12)7-8-3-1-2-4-10(8)16/h1-4,6,16H,5,7H2,(H,17,18). The van der Waals surface area contributed by atoms with E-state index in [1.165, 1.54) is 10.9 Å². The summed E-state index contributed by atoms with van der Waals surface area (Å²) in [5, 5.41) is 22.6. The Morgan fingerprint density at radius 1 is 1.33 bits per heavy atom. The molecule has 0 spiro atoms. The number of rotatable bonds is 4. The highest BCUT2D eigenvalue weighted by Crippen LogP contribution is 2.21. The molecule has 5 nitrogen and oxygen atoms in total. The van der Waals surface area contributed by atoms with Gasteiger partial charge in [-0.3, -0.25) is 4.79 Å². The summed E-state index contributed by atoms with van der Waals surface area (Å²) < 4.78 is 1.45. The molecule has 2 rings (SSSR count). The molecule has 1 aromatic carbocycles. The number of carbonyl (C=O) groups is 1. The second-order valence-electron chi connectivity index (χ2n) is 3.82. The first-order valence-corrected chi connectivity index (χ1v) is 5.64. The van der Waals surface area contributed by atoms with Gasteiger partial charge in [0.1, 0.15) is 10.9 Å². The number of carboxylic acids is 1. The van der Waals surface area contributed by atoms with Crippen molar-refractivity contribution in [2.75, 3.05) is 0 Å². The van der Waals surface area contributed by atoms with E-state index in [1.807, 2.05) is 0 Å². The van der Waals surface area contributed by atoms with Crippen molar-refractivity contribution in [2.24, 2.45) is 0 Å². The van der Waals surface area contributed by atoms with Gasteiger partial charge in [-0.1, -0.05) is 29.8 Å². The van der Waals surface area contributed by atoms with E-state index < -0.39 is 5.97 Å². The molecular weight excluding hydrogens is 256 g/mol. The third-order valence-electron chi connectivity index (χ3n) is 2.50. The Balaban J connectivity index is 2.23. The van der Waals surface area contributed by atoms with Crippen LogP contribution in [0.4, 0.5) is 0 Å². The minimum atomic E-state index is -0.959. The highest BCUT2D eigenvalue weighted by Gasteiger charge is 2.12. The summed E-state index contributed by atoms with van der Waals surface area (Å²) in [6, 6.07) is 6.85. The lowest BCUT2D eigenvalue weighted by Crippen LogP contribution is -2.03. The van der Waals surface area contributed by atoms with Crippen LogP contribution in [-0.4, -0.2) is 26.0 Å². The molecule has 1 aromatic heterocycles. The summed E-state index contributed by atoms with van der Waals surface area (Å²) in [6.45, 7) is 0.297. The Hall–Kier alpha value is -2.01. The number of carboxylic acid groups (broad SMARTS) is 1. The van der Waals surface area contributed by atoms with Crippen molar-refractivity contribution >= 4 is 17.6 Å². The number of phenolic OH excluding ortho intramolecular Hbond substituents is 1. The lowest BCUT2D eigenvalue weighted by atomic mass is 10.2. The first-order chi connectivity index (χ1) is 8.58. The Morgan fingerprint density at radius 2 is 2.06 bits per heavy atom. The molecule has 0 fully saturated rings. The average Bonchev–Trinajstić information content (AvgIpc) is 2.64. The maximum atomic E-state index is 10.6. The Bertz CT molecular complexity index is 580. The highest BCUT2D eigenvalue weighted by molar-refractivity contribution is 6.30. The molecule has 2 N–H and O–H groups in total. The van der Waals surface area contributed by atoms with Crippen LogP contribution in [0.3, 0.4) is 0 Å². The topological polar surface area (TPSA) is 75.3 Å². The average molecular weight is 267 g/mol. The summed E-state index contributed by atoms with van der Waals surface area (Å²) in [7, 11) is 0. The summed E-state index contributed by atoms with van der Waals surface area (Å²) in [5.74, 6) is -0.803. The molecule has 18 heavy (non-hydrogen) atoms. The predicted molar refractivity (Wildman–Crippen MR) is 65.8 cm³/mol. The molecule has 0 atom stereocenters. The molecule has 1 heterocycles. The highest BCUT2D eigenvalue weighted by atomic mass is 35.5. The van der Waals surface area contributed by atoms with Gasteiger partial charge in [-0.05, 0) is 6.07 Å². The molecule has 0 saturated heterocycles. The molecular formula is C12H11ClN2O3. The predicted octanol–water partition coefficient (Wildman–Crippen LogP) is 1.92. The number of aromatic nitrogens is 2. The maximum absolute atomic E-state index is 10.6. The van der Waals surface area contributed by atoms with Crippen LogP contribution in [-0.2, 0) is 17.8 Å². The minimum Gasteiger partial charge on any atom is -0.508 e. The van der Waals surface area contributed by atoms with Crippen molar-refractivity contribution in [3.63, 3.8) is 0 Å². The first-order valence-electron chi connectivity index (χ1n) is 5.27. The summed E-state index contributed by atoms with van der Waals surface area (Å²) in [4.78, 5) is 10.6. The molecule has 6 heteroatoms. The van der Waals surface area contributed by atoms with E-state index >= 15 is 0 Å². The smallest absolute Gasteiger partial charge is 0.307 e. The van der Waals surface area contributed by atoms with Crippen LogP contribution in [0.1, 0.15) is 11.1 Å². The van der Waals surface area contributed by atoms with E-state index in [1.54, 1.807) is 24.3 Å². The second kappa shape index (κ2) is 5.10. The molecule has 94 valence electrons. The first kappa shape index (κ1) is 12.4. The molecule has 2 aromatic rings. The maximum Gasteiger partial charge on any atom is 0.307 e. The largest absolute Gasteiger partial charge is 0.508 e. The van der Waals surface area contributed by atoms with E-state index in [-0.39, 0.29) is 17.3 Å². The van der Waals surface area contributed by atoms with Crippen molar-refractivity contribution in [1.82, 2.24) is 9.78 Å². The number of halogens is 1. The lowest BCUT2D eigenvalue weighted by molar-refractivity contribution is -0.136. The van der Waals surface area contributed by atoms with Gasteiger partial charge in [-0.2, -0.15) is 5.10 Å². The quantitative estimate of drug-likeness (QED) is 0.886. The number of phenols is 1. The van der Waals surface area contributed by atoms with Crippen LogP contribution in [0.15, 0.2) is 30.5 Å². The van der Waals surface area contributed by atoms with E-state index in [4.69, 9.17) is 16.7 Å². The van der Waals surface area contributed by atoms with Crippen LogP contribution >= 0.6 is 11.6 Å². The van der Waals surface area contributed by atoms with Gasteiger partial charge in [0.15, 0.2) is 0 Å². The zero-order valence-corrected chi connectivity index (χ0v) is 10.1. The Kier molecular flexibility index (Phi) is 3.53. The van der Waals surface area contributed by atoms with Crippen molar-refractivity contribution in [2.45, 2.75) is 13.0 Å². The molecule has 0 aliphatic rings. The van der Waals surface area contributed by atoms with Gasteiger partial charge in [-0.15, -0.1) is 0 Å². The molecule has 0 aliphatic carbocycles. The van der Waals surface area contributed by atoms with Crippen LogP contribution in [0.25, 0.3) is 0 Å². The fraction of sp³-hybridized carbons (Fsp3) is 0.167. The van der Waals surface area contributed by atoms with Gasteiger partial charge >= 0.3 is 5.97 Å². The minimum absolute atomic E-state index is 0.156. The number of hydrogen-bond donors (Lipinski definition) is 2. The van der Waals surface area contributed by atoms with Crippen molar-refractivity contribution in [3.05, 3.63) is 46.7 Å². The normalized spacial score (nSPS) is 10.5. The third-order valence-corrected chi connectivity index (χ3v) is 2.94. The summed E-state index contributed by atoms with van der Waals surface area (Å²) >= 11 is 6.03. The fourth-order valence-electron chi connectivity index (χ4n) is 1.61. The number of hydrogen-bond acceptors (Lipinski definition) is 3. The summed E-state index contributed by atoms with van der Waals surface area (Å²) in [5.41, 5.74) is 1.13. The van der Waals surface area contributed by atoms with Crippen molar-refractivity contribution in [3.8, 4) is 5.75 Å². The number of para-hydroxylation sites is 1. The number of benzene rings is 1. The van der Waals surface area contributed by atoms with Gasteiger partial charge in [0.25, 0.3) is 0 Å². The molecule has 0 bridgehead atoms. The molecule has 0 aliphatic heterocycles. The molecule has 0 saturated carbocycles. The second-order valence-corrected chi connectivity index (χ2v) is 4.18. The lowest BCUT2D eigenvalue weighted by Gasteiger charge is -2.05. The Morgan fingerprint density at radius 3 is 2.72 bits per heavy atom. The monoisotopic (exact) mass is 266 g/mol. The van der Waals surface area contributed by atoms with Crippen LogP contribution in [0.2, 0.25) is 5.15 Å². The number of nitrogens with zero attached hydrogens (tertiary/aromatic N) is 2. The van der Waals surface area contributed by atoms with Crippen LogP contribution < -0.4 is 0 Å². The van der Waals surface area contributed by atoms with Crippen molar-refractivity contribution in [1.29, 1.82) is 0 Å². The Labute approximate surface area is 108 Å². The van der Waals surface area contributed by atoms with Gasteiger partial charge < -0.3 is 10.2 Å². The summed E-state index contributed by atoms with van der Waals surface area (Å²) in [6.07, 6.45) is 1.26. The molecule has 0 unspecified atom stereocenters. The van der Waals surface area contributed by atoms with E-state index in [0.717, 1.165) is 0 Å². The SMILES string of the molecule is O=C(O)Cc1cnn(Cc2ccccc2O)c1Cl. The molecule has 0 amide bonds. The van der Waals surface area contributed by atoms with Crippen LogP contribution in [0.5, 0.6) is 5.75 Å². The van der Waals surface area contributed by atoms with Gasteiger partial charge in [0.05, 0.1) is 19.2 Å².